The largest absolute Gasteiger partial charge is 0.369 e. The Morgan fingerprint density at radius 2 is 2.14 bits per heavy atom. The van der Waals surface area contributed by atoms with Crippen LogP contribution in [-0.2, 0) is 0 Å². The molecule has 0 bridgehead atoms. The molecule has 0 fully saturated rings. The number of hydrogen-bond acceptors (Lipinski definition) is 5. The first kappa shape index (κ1) is 10.7. The molecule has 14 heavy (non-hydrogen) atoms. The number of likely N-dealkylation sites (N-methyl/N-ethyl adjacent to an activating group) is 1. The minimum atomic E-state index is 0.722. The number of anilines is 2. The summed E-state index contributed by atoms with van der Waals surface area (Å²) in [5.74, 6) is 1.58. The Morgan fingerprint density at radius 3 is 2.79 bits per heavy atom. The second-order valence-corrected chi connectivity index (χ2v) is 3.17. The van der Waals surface area contributed by atoms with Crippen LogP contribution in [0.4, 0.5) is 11.8 Å². The molecule has 0 aromatic carbocycles. The van der Waals surface area contributed by atoms with Gasteiger partial charge in [-0.05, 0) is 13.1 Å². The monoisotopic (exact) mass is 195 g/mol. The summed E-state index contributed by atoms with van der Waals surface area (Å²) in [5.41, 5.74) is 0. The van der Waals surface area contributed by atoms with Gasteiger partial charge in [0.2, 0.25) is 5.95 Å². The Labute approximate surface area is 84.6 Å². The Kier molecular flexibility index (Phi) is 4.12. The molecule has 0 radical (unpaired) electrons. The summed E-state index contributed by atoms with van der Waals surface area (Å²) in [5, 5.41) is 6.26. The fourth-order valence-electron chi connectivity index (χ4n) is 0.978. The highest BCUT2D eigenvalue weighted by Gasteiger charge is 1.99. The fraction of sp³-hybridized carbons (Fsp3) is 0.556. The molecule has 1 aromatic heterocycles. The predicted molar refractivity (Wildman–Crippen MR) is 58.8 cm³/mol. The Balaban J connectivity index is 2.55. The van der Waals surface area contributed by atoms with Gasteiger partial charge in [-0.15, -0.1) is 0 Å². The summed E-state index contributed by atoms with van der Waals surface area (Å²) in [6.07, 6.45) is 1.75. The lowest BCUT2D eigenvalue weighted by atomic mass is 10.5. The summed E-state index contributed by atoms with van der Waals surface area (Å²) in [6.45, 7) is 1.78. The lowest BCUT2D eigenvalue weighted by molar-refractivity contribution is 0.820. The number of nitrogens with zero attached hydrogens (tertiary/aromatic N) is 3. The van der Waals surface area contributed by atoms with Crippen molar-refractivity contribution in [3.05, 3.63) is 12.3 Å². The second-order valence-electron chi connectivity index (χ2n) is 3.17. The van der Waals surface area contributed by atoms with Crippen LogP contribution in [0.15, 0.2) is 12.3 Å². The fourth-order valence-corrected chi connectivity index (χ4v) is 0.978. The minimum absolute atomic E-state index is 0.722. The van der Waals surface area contributed by atoms with Crippen LogP contribution in [0, 0.1) is 0 Å². The maximum atomic E-state index is 4.32. The Bertz CT molecular complexity index is 274. The molecule has 78 valence electrons. The highest BCUT2D eigenvalue weighted by Crippen LogP contribution is 2.06. The zero-order valence-corrected chi connectivity index (χ0v) is 8.91. The zero-order valence-electron chi connectivity index (χ0n) is 8.91. The van der Waals surface area contributed by atoms with Crippen molar-refractivity contribution in [3.63, 3.8) is 0 Å². The van der Waals surface area contributed by atoms with Crippen LogP contribution < -0.4 is 15.5 Å². The van der Waals surface area contributed by atoms with Gasteiger partial charge in [-0.1, -0.05) is 0 Å². The zero-order chi connectivity index (χ0) is 10.4. The molecule has 0 unspecified atom stereocenters. The van der Waals surface area contributed by atoms with E-state index in [9.17, 15) is 0 Å². The van der Waals surface area contributed by atoms with E-state index in [0.717, 1.165) is 24.9 Å². The van der Waals surface area contributed by atoms with Gasteiger partial charge in [-0.3, -0.25) is 0 Å². The van der Waals surface area contributed by atoms with E-state index < -0.39 is 0 Å². The van der Waals surface area contributed by atoms with Crippen molar-refractivity contribution in [3.8, 4) is 0 Å². The third-order valence-electron chi connectivity index (χ3n) is 1.72. The van der Waals surface area contributed by atoms with Crippen molar-refractivity contribution < 1.29 is 0 Å². The molecular formula is C9H17N5. The average molecular weight is 195 g/mol. The molecule has 0 aliphatic heterocycles. The smallest absolute Gasteiger partial charge is 0.226 e. The molecule has 0 spiro atoms. The second kappa shape index (κ2) is 5.39. The van der Waals surface area contributed by atoms with E-state index in [1.54, 1.807) is 6.20 Å². The van der Waals surface area contributed by atoms with Crippen molar-refractivity contribution >= 4 is 11.8 Å². The number of nitrogens with one attached hydrogen (secondary N) is 2. The summed E-state index contributed by atoms with van der Waals surface area (Å²) >= 11 is 0. The standard InChI is InChI=1S/C9H17N5/c1-10-6-7-11-8-4-5-12-9(13-8)14(2)3/h4-5,10H,6-7H2,1-3H3,(H,11,12,13). The van der Waals surface area contributed by atoms with Gasteiger partial charge in [-0.2, -0.15) is 4.98 Å². The molecule has 2 N–H and O–H groups in total. The van der Waals surface area contributed by atoms with E-state index in [-0.39, 0.29) is 0 Å². The van der Waals surface area contributed by atoms with Crippen LogP contribution in [0.25, 0.3) is 0 Å². The van der Waals surface area contributed by atoms with Gasteiger partial charge in [0.25, 0.3) is 0 Å². The van der Waals surface area contributed by atoms with Crippen LogP contribution in [-0.4, -0.2) is 44.2 Å². The van der Waals surface area contributed by atoms with Gasteiger partial charge in [0.05, 0.1) is 0 Å². The molecule has 0 atom stereocenters. The molecule has 0 aliphatic carbocycles. The average Bonchev–Trinajstić information content (AvgIpc) is 2.19. The minimum Gasteiger partial charge on any atom is -0.369 e. The van der Waals surface area contributed by atoms with Crippen molar-refractivity contribution in [2.75, 3.05) is 44.4 Å². The molecule has 0 saturated heterocycles. The maximum Gasteiger partial charge on any atom is 0.226 e. The Morgan fingerprint density at radius 1 is 1.36 bits per heavy atom. The molecule has 0 saturated carbocycles. The number of rotatable bonds is 5. The molecule has 0 aliphatic rings. The van der Waals surface area contributed by atoms with Crippen LogP contribution in [0.2, 0.25) is 0 Å². The highest BCUT2D eigenvalue weighted by molar-refractivity contribution is 5.40. The van der Waals surface area contributed by atoms with Crippen molar-refractivity contribution in [1.29, 1.82) is 0 Å². The summed E-state index contributed by atoms with van der Waals surface area (Å²) < 4.78 is 0. The van der Waals surface area contributed by atoms with E-state index >= 15 is 0 Å². The van der Waals surface area contributed by atoms with Crippen LogP contribution in [0.5, 0.6) is 0 Å². The predicted octanol–water partition coefficient (Wildman–Crippen LogP) is 0.174. The SMILES string of the molecule is CNCCNc1ccnc(N(C)C)n1. The van der Waals surface area contributed by atoms with Crippen LogP contribution in [0.3, 0.4) is 0 Å². The van der Waals surface area contributed by atoms with Crippen molar-refractivity contribution in [2.24, 2.45) is 0 Å². The lowest BCUT2D eigenvalue weighted by Crippen LogP contribution is -2.19. The molecule has 1 aromatic rings. The molecule has 0 amide bonds. The van der Waals surface area contributed by atoms with Crippen LogP contribution in [0.1, 0.15) is 0 Å². The summed E-state index contributed by atoms with van der Waals surface area (Å²) in [7, 11) is 5.77. The quantitative estimate of drug-likeness (QED) is 0.656. The molecule has 5 nitrogen and oxygen atoms in total. The van der Waals surface area contributed by atoms with E-state index in [1.165, 1.54) is 0 Å². The third kappa shape index (κ3) is 3.18. The Hall–Kier alpha value is -1.36. The van der Waals surface area contributed by atoms with Gasteiger partial charge in [0.15, 0.2) is 0 Å². The van der Waals surface area contributed by atoms with E-state index in [4.69, 9.17) is 0 Å². The molecular weight excluding hydrogens is 178 g/mol. The van der Waals surface area contributed by atoms with Gasteiger partial charge in [0.1, 0.15) is 5.82 Å². The van der Waals surface area contributed by atoms with E-state index in [1.807, 2.05) is 32.1 Å². The van der Waals surface area contributed by atoms with Crippen molar-refractivity contribution in [1.82, 2.24) is 15.3 Å². The maximum absolute atomic E-state index is 4.32. The molecule has 5 heteroatoms. The molecule has 1 rings (SSSR count). The van der Waals surface area contributed by atoms with Crippen LogP contribution >= 0.6 is 0 Å². The van der Waals surface area contributed by atoms with Gasteiger partial charge < -0.3 is 15.5 Å². The molecule has 1 heterocycles. The highest BCUT2D eigenvalue weighted by atomic mass is 15.2. The van der Waals surface area contributed by atoms with Gasteiger partial charge in [-0.25, -0.2) is 4.98 Å². The summed E-state index contributed by atoms with van der Waals surface area (Å²) in [4.78, 5) is 10.3. The lowest BCUT2D eigenvalue weighted by Gasteiger charge is -2.11. The van der Waals surface area contributed by atoms with Crippen molar-refractivity contribution in [2.45, 2.75) is 0 Å². The number of hydrogen-bond donors (Lipinski definition) is 2. The third-order valence-corrected chi connectivity index (χ3v) is 1.72. The first-order valence-electron chi connectivity index (χ1n) is 4.63. The van der Waals surface area contributed by atoms with Gasteiger partial charge >= 0.3 is 0 Å². The number of aromatic nitrogens is 2. The van der Waals surface area contributed by atoms with Gasteiger partial charge in [0, 0.05) is 33.4 Å². The first-order valence-corrected chi connectivity index (χ1v) is 4.63. The van der Waals surface area contributed by atoms with E-state index in [0.29, 0.717) is 0 Å². The van der Waals surface area contributed by atoms with E-state index in [2.05, 4.69) is 20.6 Å². The first-order chi connectivity index (χ1) is 6.74. The topological polar surface area (TPSA) is 53.1 Å². The normalized spacial score (nSPS) is 9.93. The summed E-state index contributed by atoms with van der Waals surface area (Å²) in [6, 6.07) is 1.86.